The van der Waals surface area contributed by atoms with Crippen LogP contribution in [-0.4, -0.2) is 19.7 Å². The highest BCUT2D eigenvalue weighted by atomic mass is 28.4. The fraction of sp³-hybridized carbons (Fsp3) is 0.571. The second kappa shape index (κ2) is 5.76. The summed E-state index contributed by atoms with van der Waals surface area (Å²) < 4.78 is 0. The van der Waals surface area contributed by atoms with Crippen LogP contribution in [0.2, 0.25) is 18.1 Å². The van der Waals surface area contributed by atoms with E-state index in [1.54, 1.807) is 0 Å². The Hall–Kier alpha value is -1.00. The number of hydrogen-bond donors (Lipinski definition) is 3. The van der Waals surface area contributed by atoms with E-state index in [0.29, 0.717) is 0 Å². The molecule has 0 aliphatic heterocycles. The molecule has 18 heavy (non-hydrogen) atoms. The summed E-state index contributed by atoms with van der Waals surface area (Å²) in [6.07, 6.45) is 2.11. The molecule has 102 valence electrons. The molecule has 4 heteroatoms. The van der Waals surface area contributed by atoms with Crippen LogP contribution >= 0.6 is 0 Å². The molecule has 0 aromatic heterocycles. The lowest BCUT2D eigenvalue weighted by atomic mass is 10.1. The highest BCUT2D eigenvalue weighted by Crippen LogP contribution is 2.39. The van der Waals surface area contributed by atoms with E-state index < -0.39 is 8.32 Å². The number of anilines is 2. The molecule has 1 aromatic rings. The van der Waals surface area contributed by atoms with Crippen molar-refractivity contribution in [3.63, 3.8) is 0 Å². The average Bonchev–Trinajstić information content (AvgIpc) is 2.25. The Morgan fingerprint density at radius 1 is 1.22 bits per heavy atom. The van der Waals surface area contributed by atoms with E-state index in [-0.39, 0.29) is 5.04 Å². The van der Waals surface area contributed by atoms with Crippen LogP contribution in [0.5, 0.6) is 0 Å². The van der Waals surface area contributed by atoms with Gasteiger partial charge in [-0.3, -0.25) is 0 Å². The van der Waals surface area contributed by atoms with Crippen LogP contribution in [0.4, 0.5) is 11.4 Å². The van der Waals surface area contributed by atoms with Gasteiger partial charge in [-0.2, -0.15) is 0 Å². The zero-order chi connectivity index (χ0) is 13.8. The van der Waals surface area contributed by atoms with Crippen LogP contribution in [0.15, 0.2) is 24.3 Å². The molecule has 0 radical (unpaired) electrons. The van der Waals surface area contributed by atoms with Gasteiger partial charge in [-0.25, -0.2) is 0 Å². The molecule has 0 amide bonds. The van der Waals surface area contributed by atoms with E-state index in [2.05, 4.69) is 19.2 Å². The van der Waals surface area contributed by atoms with Crippen molar-refractivity contribution in [2.45, 2.75) is 44.8 Å². The Bertz CT molecular complexity index is 368. The van der Waals surface area contributed by atoms with Gasteiger partial charge in [-0.15, -0.1) is 0 Å². The minimum Gasteiger partial charge on any atom is -0.432 e. The summed E-state index contributed by atoms with van der Waals surface area (Å²) in [5, 5.41) is 3.44. The second-order valence-corrected chi connectivity index (χ2v) is 10.6. The van der Waals surface area contributed by atoms with Crippen molar-refractivity contribution in [2.75, 3.05) is 17.6 Å². The van der Waals surface area contributed by atoms with Crippen molar-refractivity contribution in [1.29, 1.82) is 0 Å². The topological polar surface area (TPSA) is 58.3 Å². The maximum atomic E-state index is 10.2. The molecule has 0 unspecified atom stereocenters. The summed E-state index contributed by atoms with van der Waals surface area (Å²) in [7, 11) is -2.07. The predicted molar refractivity (Wildman–Crippen MR) is 82.3 cm³/mol. The van der Waals surface area contributed by atoms with Crippen LogP contribution in [0.1, 0.15) is 26.7 Å². The molecule has 0 saturated carbocycles. The molecular formula is C14H26N2OSi. The van der Waals surface area contributed by atoms with Gasteiger partial charge in [0.25, 0.3) is 0 Å². The smallest absolute Gasteiger partial charge is 0.188 e. The third-order valence-electron chi connectivity index (χ3n) is 3.87. The Kier molecular flexibility index (Phi) is 4.82. The molecule has 0 bridgehead atoms. The Morgan fingerprint density at radius 3 is 2.28 bits per heavy atom. The molecule has 1 rings (SSSR count). The second-order valence-electron chi connectivity index (χ2n) is 6.10. The van der Waals surface area contributed by atoms with Gasteiger partial charge in [0.2, 0.25) is 0 Å². The minimum atomic E-state index is -2.07. The van der Waals surface area contributed by atoms with E-state index in [1.165, 1.54) is 0 Å². The first kappa shape index (κ1) is 15.1. The molecular weight excluding hydrogens is 240 g/mol. The third-order valence-corrected chi connectivity index (χ3v) is 7.44. The molecule has 1 aromatic carbocycles. The lowest BCUT2D eigenvalue weighted by Crippen LogP contribution is -2.39. The van der Waals surface area contributed by atoms with Crippen LogP contribution in [-0.2, 0) is 0 Å². The van der Waals surface area contributed by atoms with Crippen LogP contribution < -0.4 is 11.1 Å². The fourth-order valence-electron chi connectivity index (χ4n) is 1.67. The maximum Gasteiger partial charge on any atom is 0.188 e. The maximum absolute atomic E-state index is 10.2. The number of nitrogens with one attached hydrogen (secondary N) is 1. The van der Waals surface area contributed by atoms with Crippen molar-refractivity contribution in [3.8, 4) is 0 Å². The highest BCUT2D eigenvalue weighted by Gasteiger charge is 2.37. The first-order chi connectivity index (χ1) is 8.22. The predicted octanol–water partition coefficient (Wildman–Crippen LogP) is 3.44. The minimum absolute atomic E-state index is 0.0653. The first-order valence-electron chi connectivity index (χ1n) is 6.54. The lowest BCUT2D eigenvalue weighted by molar-refractivity contribution is 0.446. The summed E-state index contributed by atoms with van der Waals surface area (Å²) in [4.78, 5) is 10.2. The SMILES string of the molecule is CC(C)(CCCNc1ccc(N)cc1)[Si](C)(C)O. The summed E-state index contributed by atoms with van der Waals surface area (Å²) in [5.41, 5.74) is 7.52. The monoisotopic (exact) mass is 266 g/mol. The van der Waals surface area contributed by atoms with Gasteiger partial charge in [-0.05, 0) is 55.2 Å². The molecule has 3 nitrogen and oxygen atoms in total. The molecule has 4 N–H and O–H groups in total. The van der Waals surface area contributed by atoms with Crippen molar-refractivity contribution in [2.24, 2.45) is 0 Å². The number of nitrogens with two attached hydrogens (primary N) is 1. The Labute approximate surface area is 112 Å². The molecule has 0 fully saturated rings. The van der Waals surface area contributed by atoms with Crippen LogP contribution in [0.3, 0.4) is 0 Å². The number of rotatable bonds is 6. The fourth-order valence-corrected chi connectivity index (χ4v) is 2.46. The third kappa shape index (κ3) is 4.35. The number of nitrogen functional groups attached to an aromatic ring is 1. The van der Waals surface area contributed by atoms with Gasteiger partial charge in [0, 0.05) is 17.9 Å². The molecule has 0 aliphatic carbocycles. The van der Waals surface area contributed by atoms with Gasteiger partial charge in [-0.1, -0.05) is 13.8 Å². The zero-order valence-electron chi connectivity index (χ0n) is 12.0. The van der Waals surface area contributed by atoms with E-state index in [4.69, 9.17) is 5.73 Å². The standard InChI is InChI=1S/C14H26N2OSi/c1-14(2,18(3,4)17)10-5-11-16-13-8-6-12(15)7-9-13/h6-9,16-17H,5,10-11,15H2,1-4H3. The summed E-state index contributed by atoms with van der Waals surface area (Å²) in [5.74, 6) is 0. The van der Waals surface area contributed by atoms with E-state index in [1.807, 2.05) is 37.4 Å². The van der Waals surface area contributed by atoms with Crippen molar-refractivity contribution in [3.05, 3.63) is 24.3 Å². The van der Waals surface area contributed by atoms with E-state index >= 15 is 0 Å². The van der Waals surface area contributed by atoms with E-state index in [9.17, 15) is 4.80 Å². The Morgan fingerprint density at radius 2 is 1.78 bits per heavy atom. The molecule has 0 atom stereocenters. The number of hydrogen-bond acceptors (Lipinski definition) is 3. The van der Waals surface area contributed by atoms with Gasteiger partial charge in [0.1, 0.15) is 0 Å². The quantitative estimate of drug-likeness (QED) is 0.420. The van der Waals surface area contributed by atoms with E-state index in [0.717, 1.165) is 30.8 Å². The highest BCUT2D eigenvalue weighted by molar-refractivity contribution is 6.72. The average molecular weight is 266 g/mol. The van der Waals surface area contributed by atoms with Gasteiger partial charge < -0.3 is 15.8 Å². The van der Waals surface area contributed by atoms with Gasteiger partial charge in [0.15, 0.2) is 8.32 Å². The Balaban J connectivity index is 2.33. The summed E-state index contributed by atoms with van der Waals surface area (Å²) in [6, 6.07) is 7.78. The van der Waals surface area contributed by atoms with Crippen molar-refractivity contribution in [1.82, 2.24) is 0 Å². The van der Waals surface area contributed by atoms with Crippen LogP contribution in [0, 0.1) is 0 Å². The van der Waals surface area contributed by atoms with Crippen LogP contribution in [0.25, 0.3) is 0 Å². The summed E-state index contributed by atoms with van der Waals surface area (Å²) >= 11 is 0. The molecule has 0 spiro atoms. The molecule has 0 aliphatic rings. The van der Waals surface area contributed by atoms with Gasteiger partial charge >= 0.3 is 0 Å². The normalized spacial score (nSPS) is 12.5. The molecule has 0 saturated heterocycles. The van der Waals surface area contributed by atoms with Crippen molar-refractivity contribution >= 4 is 19.7 Å². The zero-order valence-corrected chi connectivity index (χ0v) is 13.0. The van der Waals surface area contributed by atoms with Gasteiger partial charge in [0.05, 0.1) is 0 Å². The largest absolute Gasteiger partial charge is 0.432 e. The summed E-state index contributed by atoms with van der Waals surface area (Å²) in [6.45, 7) is 9.30. The first-order valence-corrected chi connectivity index (χ1v) is 9.49. The molecule has 0 heterocycles. The lowest BCUT2D eigenvalue weighted by Gasteiger charge is -2.35. The van der Waals surface area contributed by atoms with Crippen molar-refractivity contribution < 1.29 is 4.80 Å². The number of benzene rings is 1.